The summed E-state index contributed by atoms with van der Waals surface area (Å²) in [4.78, 5) is 14.3. The number of hydrogen-bond acceptors (Lipinski definition) is 1. The first-order valence-corrected chi connectivity index (χ1v) is 7.35. The SMILES string of the molecule is O=C(Cl)c1[nH]c(Br)c(Br)c1CCc1ccccc1. The van der Waals surface area contributed by atoms with Crippen molar-refractivity contribution in [3.05, 3.63) is 56.2 Å². The van der Waals surface area contributed by atoms with Crippen molar-refractivity contribution in [1.82, 2.24) is 4.98 Å². The second kappa shape index (κ2) is 6.04. The Balaban J connectivity index is 2.21. The standard InChI is InChI=1S/C13H10Br2ClNO/c14-10-9(11(13(16)18)17-12(10)15)7-6-8-4-2-1-3-5-8/h1-5,17H,6-7H2. The largest absolute Gasteiger partial charge is 0.345 e. The van der Waals surface area contributed by atoms with Crippen LogP contribution in [0.2, 0.25) is 0 Å². The van der Waals surface area contributed by atoms with Crippen LogP contribution in [0.1, 0.15) is 21.6 Å². The fourth-order valence-corrected chi connectivity index (χ4v) is 2.89. The summed E-state index contributed by atoms with van der Waals surface area (Å²) < 4.78 is 1.61. The highest BCUT2D eigenvalue weighted by molar-refractivity contribution is 9.13. The summed E-state index contributed by atoms with van der Waals surface area (Å²) in [6.07, 6.45) is 1.61. The van der Waals surface area contributed by atoms with Crippen molar-refractivity contribution in [2.45, 2.75) is 12.8 Å². The van der Waals surface area contributed by atoms with Crippen LogP contribution in [-0.2, 0) is 12.8 Å². The molecule has 0 saturated heterocycles. The van der Waals surface area contributed by atoms with E-state index in [-0.39, 0.29) is 0 Å². The van der Waals surface area contributed by atoms with Gasteiger partial charge in [-0.25, -0.2) is 0 Å². The highest BCUT2D eigenvalue weighted by Crippen LogP contribution is 2.31. The molecule has 2 nitrogen and oxygen atoms in total. The van der Waals surface area contributed by atoms with Gasteiger partial charge in [-0.2, -0.15) is 0 Å². The topological polar surface area (TPSA) is 32.9 Å². The first-order chi connectivity index (χ1) is 8.59. The number of benzene rings is 1. The summed E-state index contributed by atoms with van der Waals surface area (Å²) in [6.45, 7) is 0. The van der Waals surface area contributed by atoms with Crippen LogP contribution in [0.5, 0.6) is 0 Å². The van der Waals surface area contributed by atoms with E-state index in [1.807, 2.05) is 18.2 Å². The number of aryl methyl sites for hydroxylation is 1. The van der Waals surface area contributed by atoms with E-state index in [0.29, 0.717) is 5.69 Å². The third kappa shape index (κ3) is 3.05. The van der Waals surface area contributed by atoms with Crippen LogP contribution in [0.15, 0.2) is 39.4 Å². The highest BCUT2D eigenvalue weighted by Gasteiger charge is 2.18. The zero-order valence-corrected chi connectivity index (χ0v) is 13.3. The van der Waals surface area contributed by atoms with Gasteiger partial charge in [0.15, 0.2) is 0 Å². The minimum absolute atomic E-state index is 0.450. The van der Waals surface area contributed by atoms with Gasteiger partial charge in [-0.3, -0.25) is 4.79 Å². The maximum atomic E-state index is 11.3. The van der Waals surface area contributed by atoms with Gasteiger partial charge in [0.05, 0.1) is 9.08 Å². The van der Waals surface area contributed by atoms with E-state index in [9.17, 15) is 4.79 Å². The van der Waals surface area contributed by atoms with Crippen molar-refractivity contribution in [2.24, 2.45) is 0 Å². The van der Waals surface area contributed by atoms with Crippen molar-refractivity contribution in [3.8, 4) is 0 Å². The van der Waals surface area contributed by atoms with Gasteiger partial charge in [0, 0.05) is 0 Å². The number of hydrogen-bond donors (Lipinski definition) is 1. The number of H-pyrrole nitrogens is 1. The van der Waals surface area contributed by atoms with Crippen LogP contribution in [-0.4, -0.2) is 10.2 Å². The molecular weight excluding hydrogens is 381 g/mol. The average molecular weight is 391 g/mol. The van der Waals surface area contributed by atoms with Gasteiger partial charge in [0.1, 0.15) is 5.69 Å². The van der Waals surface area contributed by atoms with Crippen LogP contribution in [0, 0.1) is 0 Å². The van der Waals surface area contributed by atoms with Crippen LogP contribution in [0.3, 0.4) is 0 Å². The third-order valence-corrected chi connectivity index (χ3v) is 4.89. The molecule has 0 atom stereocenters. The zero-order chi connectivity index (χ0) is 13.1. The molecule has 0 bridgehead atoms. The van der Waals surface area contributed by atoms with Gasteiger partial charge in [-0.1, -0.05) is 30.3 Å². The van der Waals surface area contributed by atoms with Gasteiger partial charge in [0.25, 0.3) is 5.24 Å². The van der Waals surface area contributed by atoms with E-state index in [4.69, 9.17) is 11.6 Å². The lowest BCUT2D eigenvalue weighted by molar-refractivity contribution is 0.107. The van der Waals surface area contributed by atoms with Crippen LogP contribution >= 0.6 is 43.5 Å². The van der Waals surface area contributed by atoms with E-state index in [0.717, 1.165) is 27.5 Å². The molecule has 0 amide bonds. The Bertz CT molecular complexity index is 566. The Morgan fingerprint density at radius 1 is 1.17 bits per heavy atom. The number of halogens is 3. The first-order valence-electron chi connectivity index (χ1n) is 5.39. The molecule has 94 valence electrons. The maximum Gasteiger partial charge on any atom is 0.268 e. The predicted octanol–water partition coefficient (Wildman–Crippen LogP) is 4.70. The van der Waals surface area contributed by atoms with E-state index >= 15 is 0 Å². The Hall–Kier alpha value is -0.580. The molecule has 0 aliphatic carbocycles. The van der Waals surface area contributed by atoms with Crippen molar-refractivity contribution in [1.29, 1.82) is 0 Å². The fraction of sp³-hybridized carbons (Fsp3) is 0.154. The number of aromatic nitrogens is 1. The second-order valence-corrected chi connectivity index (χ2v) is 5.80. The maximum absolute atomic E-state index is 11.3. The Morgan fingerprint density at radius 2 is 1.83 bits per heavy atom. The van der Waals surface area contributed by atoms with Gasteiger partial charge in [0.2, 0.25) is 0 Å². The van der Waals surface area contributed by atoms with Crippen molar-refractivity contribution >= 4 is 48.7 Å². The number of rotatable bonds is 4. The molecule has 0 aliphatic heterocycles. The molecule has 2 rings (SSSR count). The lowest BCUT2D eigenvalue weighted by Gasteiger charge is -2.02. The Kier molecular flexibility index (Phi) is 4.65. The molecule has 0 fully saturated rings. The molecular formula is C13H10Br2ClNO. The number of carbonyl (C=O) groups is 1. The zero-order valence-electron chi connectivity index (χ0n) is 9.34. The predicted molar refractivity (Wildman–Crippen MR) is 80.2 cm³/mol. The van der Waals surface area contributed by atoms with E-state index in [2.05, 4.69) is 49.0 Å². The number of carbonyl (C=O) groups excluding carboxylic acids is 1. The number of nitrogens with one attached hydrogen (secondary N) is 1. The van der Waals surface area contributed by atoms with Crippen LogP contribution < -0.4 is 0 Å². The van der Waals surface area contributed by atoms with Gasteiger partial charge in [-0.05, 0) is 67.4 Å². The molecule has 0 radical (unpaired) electrons. The molecule has 1 aromatic carbocycles. The van der Waals surface area contributed by atoms with E-state index < -0.39 is 5.24 Å². The molecule has 1 N–H and O–H groups in total. The smallest absolute Gasteiger partial charge is 0.268 e. The van der Waals surface area contributed by atoms with Gasteiger partial charge < -0.3 is 4.98 Å². The molecule has 5 heteroatoms. The summed E-state index contributed by atoms with van der Waals surface area (Å²) >= 11 is 12.4. The summed E-state index contributed by atoms with van der Waals surface area (Å²) in [6, 6.07) is 10.1. The molecule has 0 unspecified atom stereocenters. The third-order valence-electron chi connectivity index (χ3n) is 2.70. The normalized spacial score (nSPS) is 10.6. The van der Waals surface area contributed by atoms with E-state index in [1.54, 1.807) is 0 Å². The molecule has 0 saturated carbocycles. The Morgan fingerprint density at radius 3 is 2.44 bits per heavy atom. The lowest BCUT2D eigenvalue weighted by atomic mass is 10.1. The molecule has 2 aromatic rings. The second-order valence-electron chi connectivity index (χ2n) is 3.87. The minimum atomic E-state index is -0.468. The fourth-order valence-electron chi connectivity index (χ4n) is 1.80. The van der Waals surface area contributed by atoms with Crippen LogP contribution in [0.25, 0.3) is 0 Å². The van der Waals surface area contributed by atoms with Crippen molar-refractivity contribution in [2.75, 3.05) is 0 Å². The Labute approximate surface area is 127 Å². The summed E-state index contributed by atoms with van der Waals surface area (Å²) in [5.74, 6) is 0. The minimum Gasteiger partial charge on any atom is -0.345 e. The summed E-state index contributed by atoms with van der Waals surface area (Å²) in [5, 5.41) is -0.468. The molecule has 1 heterocycles. The van der Waals surface area contributed by atoms with Crippen molar-refractivity contribution in [3.63, 3.8) is 0 Å². The molecule has 1 aromatic heterocycles. The van der Waals surface area contributed by atoms with E-state index in [1.165, 1.54) is 5.56 Å². The molecule has 0 aliphatic rings. The average Bonchev–Trinajstić information content (AvgIpc) is 2.65. The van der Waals surface area contributed by atoms with Crippen LogP contribution in [0.4, 0.5) is 0 Å². The quantitative estimate of drug-likeness (QED) is 0.753. The summed E-state index contributed by atoms with van der Waals surface area (Å²) in [5.41, 5.74) is 2.59. The summed E-state index contributed by atoms with van der Waals surface area (Å²) in [7, 11) is 0. The molecule has 0 spiro atoms. The number of aromatic amines is 1. The first kappa shape index (κ1) is 13.8. The van der Waals surface area contributed by atoms with Gasteiger partial charge >= 0.3 is 0 Å². The highest BCUT2D eigenvalue weighted by atomic mass is 79.9. The monoisotopic (exact) mass is 389 g/mol. The van der Waals surface area contributed by atoms with Gasteiger partial charge in [-0.15, -0.1) is 0 Å². The lowest BCUT2D eigenvalue weighted by Crippen LogP contribution is -1.98. The molecule has 18 heavy (non-hydrogen) atoms. The van der Waals surface area contributed by atoms with Crippen molar-refractivity contribution < 1.29 is 4.79 Å².